The van der Waals surface area contributed by atoms with Crippen LogP contribution in [0.4, 0.5) is 5.13 Å². The van der Waals surface area contributed by atoms with Crippen LogP contribution >= 0.6 is 11.3 Å². The molecule has 29 heavy (non-hydrogen) atoms. The third-order valence-corrected chi connectivity index (χ3v) is 5.31. The minimum atomic E-state index is -0.0707. The maximum atomic E-state index is 12.9. The summed E-state index contributed by atoms with van der Waals surface area (Å²) < 4.78 is 11.5. The molecule has 0 aliphatic rings. The smallest absolute Gasteiger partial charge is 0.229 e. The zero-order chi connectivity index (χ0) is 20.1. The van der Waals surface area contributed by atoms with E-state index in [9.17, 15) is 4.79 Å². The lowest BCUT2D eigenvalue weighted by molar-refractivity contribution is -0.118. The number of para-hydroxylation sites is 1. The summed E-state index contributed by atoms with van der Waals surface area (Å²) in [6.07, 6.45) is 2.23. The average Bonchev–Trinajstić information content (AvgIpc) is 3.40. The molecule has 0 saturated carbocycles. The first-order valence-electron chi connectivity index (χ1n) is 9.13. The van der Waals surface area contributed by atoms with Crippen molar-refractivity contribution in [2.75, 3.05) is 25.2 Å². The molecule has 0 bridgehead atoms. The van der Waals surface area contributed by atoms with Gasteiger partial charge in [0.25, 0.3) is 0 Å². The molecular weight excluding hydrogens is 390 g/mol. The first kappa shape index (κ1) is 19.2. The van der Waals surface area contributed by atoms with Gasteiger partial charge in [0.15, 0.2) is 5.13 Å². The highest BCUT2D eigenvalue weighted by molar-refractivity contribution is 7.22. The van der Waals surface area contributed by atoms with Crippen molar-refractivity contribution in [3.8, 4) is 11.5 Å². The number of benzene rings is 1. The lowest BCUT2D eigenvalue weighted by Gasteiger charge is -2.19. The second-order valence-corrected chi connectivity index (χ2v) is 7.24. The predicted octanol–water partition coefficient (Wildman–Crippen LogP) is 3.35. The van der Waals surface area contributed by atoms with Crippen molar-refractivity contribution in [3.05, 3.63) is 54.6 Å². The summed E-state index contributed by atoms with van der Waals surface area (Å²) in [5.41, 5.74) is 1.50. The molecule has 1 amide bonds. The molecule has 0 saturated heterocycles. The molecule has 4 aromatic rings. The monoisotopic (exact) mass is 409 g/mol. The molecule has 0 aliphatic carbocycles. The molecule has 9 heteroatoms. The van der Waals surface area contributed by atoms with Crippen LogP contribution in [0.2, 0.25) is 0 Å². The third kappa shape index (κ3) is 4.47. The molecule has 0 atom stereocenters. The summed E-state index contributed by atoms with van der Waals surface area (Å²) in [5.74, 6) is 0.740. The van der Waals surface area contributed by atoms with Crippen LogP contribution in [0.3, 0.4) is 0 Å². The molecule has 0 fully saturated rings. The zero-order valence-electron chi connectivity index (χ0n) is 15.8. The molecule has 0 aliphatic heterocycles. The largest absolute Gasteiger partial charge is 0.383 e. The minimum Gasteiger partial charge on any atom is -0.383 e. The topological polar surface area (TPSA) is 94.2 Å². The molecule has 0 unspecified atom stereocenters. The van der Waals surface area contributed by atoms with Crippen molar-refractivity contribution in [1.82, 2.24) is 20.1 Å². The Morgan fingerprint density at radius 2 is 2.03 bits per heavy atom. The van der Waals surface area contributed by atoms with Crippen LogP contribution in [-0.2, 0) is 16.0 Å². The van der Waals surface area contributed by atoms with Crippen molar-refractivity contribution in [2.45, 2.75) is 12.8 Å². The van der Waals surface area contributed by atoms with Gasteiger partial charge in [-0.3, -0.25) is 14.7 Å². The molecule has 0 radical (unpaired) electrons. The van der Waals surface area contributed by atoms with Crippen molar-refractivity contribution >= 4 is 32.6 Å². The molecule has 4 rings (SSSR count). The molecule has 3 heterocycles. The summed E-state index contributed by atoms with van der Waals surface area (Å²) in [4.78, 5) is 27.7. The maximum Gasteiger partial charge on any atom is 0.229 e. The van der Waals surface area contributed by atoms with E-state index in [0.29, 0.717) is 42.1 Å². The van der Waals surface area contributed by atoms with E-state index in [1.165, 1.54) is 11.3 Å². The Morgan fingerprint density at radius 1 is 1.17 bits per heavy atom. The SMILES string of the molecule is COCCN(C(=O)CCc1nc(-c2ccccn2)no1)c1nc2ccccc2s1. The van der Waals surface area contributed by atoms with Crippen LogP contribution in [0, 0.1) is 0 Å². The van der Waals surface area contributed by atoms with E-state index in [1.54, 1.807) is 24.3 Å². The van der Waals surface area contributed by atoms with E-state index in [1.807, 2.05) is 36.4 Å². The van der Waals surface area contributed by atoms with Crippen LogP contribution in [0.25, 0.3) is 21.7 Å². The van der Waals surface area contributed by atoms with Gasteiger partial charge in [-0.05, 0) is 24.3 Å². The summed E-state index contributed by atoms with van der Waals surface area (Å²) in [5, 5.41) is 4.60. The lowest BCUT2D eigenvalue weighted by Crippen LogP contribution is -2.34. The van der Waals surface area contributed by atoms with Crippen molar-refractivity contribution < 1.29 is 14.1 Å². The average molecular weight is 409 g/mol. The highest BCUT2D eigenvalue weighted by Crippen LogP contribution is 2.29. The lowest BCUT2D eigenvalue weighted by atomic mass is 10.2. The van der Waals surface area contributed by atoms with Gasteiger partial charge in [0, 0.05) is 26.1 Å². The van der Waals surface area contributed by atoms with Gasteiger partial charge in [-0.2, -0.15) is 4.98 Å². The van der Waals surface area contributed by atoms with E-state index in [-0.39, 0.29) is 12.3 Å². The van der Waals surface area contributed by atoms with Crippen molar-refractivity contribution in [1.29, 1.82) is 0 Å². The highest BCUT2D eigenvalue weighted by atomic mass is 32.1. The van der Waals surface area contributed by atoms with Gasteiger partial charge in [-0.25, -0.2) is 4.98 Å². The number of ether oxygens (including phenoxy) is 1. The summed E-state index contributed by atoms with van der Waals surface area (Å²) in [7, 11) is 1.61. The first-order chi connectivity index (χ1) is 14.2. The number of pyridine rings is 1. The number of nitrogens with zero attached hydrogens (tertiary/aromatic N) is 5. The van der Waals surface area contributed by atoms with E-state index < -0.39 is 0 Å². The Balaban J connectivity index is 1.46. The molecule has 8 nitrogen and oxygen atoms in total. The molecule has 148 valence electrons. The van der Waals surface area contributed by atoms with Gasteiger partial charge in [0.2, 0.25) is 17.6 Å². The second kappa shape index (κ2) is 8.89. The van der Waals surface area contributed by atoms with E-state index in [0.717, 1.165) is 10.2 Å². The number of methoxy groups -OCH3 is 1. The van der Waals surface area contributed by atoms with Crippen LogP contribution in [0.5, 0.6) is 0 Å². The van der Waals surface area contributed by atoms with Gasteiger partial charge in [-0.15, -0.1) is 0 Å². The van der Waals surface area contributed by atoms with Gasteiger partial charge >= 0.3 is 0 Å². The Labute approximate surface area is 171 Å². The number of aryl methyl sites for hydroxylation is 1. The molecule has 1 aromatic carbocycles. The van der Waals surface area contributed by atoms with E-state index in [2.05, 4.69) is 20.1 Å². The van der Waals surface area contributed by atoms with Crippen molar-refractivity contribution in [3.63, 3.8) is 0 Å². The highest BCUT2D eigenvalue weighted by Gasteiger charge is 2.20. The number of fused-ring (bicyclic) bond motifs is 1. The fourth-order valence-electron chi connectivity index (χ4n) is 2.79. The Bertz CT molecular complexity index is 1060. The summed E-state index contributed by atoms with van der Waals surface area (Å²) >= 11 is 1.49. The van der Waals surface area contributed by atoms with Crippen LogP contribution in [0.1, 0.15) is 12.3 Å². The first-order valence-corrected chi connectivity index (χ1v) is 9.95. The summed E-state index contributed by atoms with van der Waals surface area (Å²) in [6.45, 7) is 0.851. The quantitative estimate of drug-likeness (QED) is 0.440. The Morgan fingerprint density at radius 3 is 2.83 bits per heavy atom. The van der Waals surface area contributed by atoms with Gasteiger partial charge in [0.1, 0.15) is 5.69 Å². The summed E-state index contributed by atoms with van der Waals surface area (Å²) in [6, 6.07) is 13.3. The van der Waals surface area contributed by atoms with Crippen LogP contribution < -0.4 is 4.90 Å². The number of aromatic nitrogens is 4. The number of carbonyl (C=O) groups is 1. The molecule has 0 N–H and O–H groups in total. The number of hydrogen-bond donors (Lipinski definition) is 0. The number of hydrogen-bond acceptors (Lipinski definition) is 8. The predicted molar refractivity (Wildman–Crippen MR) is 110 cm³/mol. The molecule has 3 aromatic heterocycles. The van der Waals surface area contributed by atoms with E-state index >= 15 is 0 Å². The second-order valence-electron chi connectivity index (χ2n) is 6.23. The zero-order valence-corrected chi connectivity index (χ0v) is 16.6. The Kier molecular flexibility index (Phi) is 5.87. The number of carbonyl (C=O) groups excluding carboxylic acids is 1. The van der Waals surface area contributed by atoms with E-state index in [4.69, 9.17) is 9.26 Å². The van der Waals surface area contributed by atoms with Gasteiger partial charge in [-0.1, -0.05) is 34.7 Å². The van der Waals surface area contributed by atoms with Gasteiger partial charge < -0.3 is 9.26 Å². The number of amides is 1. The number of rotatable bonds is 8. The maximum absolute atomic E-state index is 12.9. The number of anilines is 1. The molecule has 0 spiro atoms. The van der Waals surface area contributed by atoms with Gasteiger partial charge in [0.05, 0.1) is 23.4 Å². The number of thiazole rings is 1. The Hall–Kier alpha value is -3.17. The molecular formula is C20H19N5O3S. The fraction of sp³-hybridized carbons (Fsp3) is 0.250. The normalized spacial score (nSPS) is 11.1. The van der Waals surface area contributed by atoms with Crippen LogP contribution in [0.15, 0.2) is 53.2 Å². The standard InChI is InChI=1S/C20H19N5O3S/c1-27-13-12-25(20-22-14-6-2-3-8-16(14)29-20)18(26)10-9-17-23-19(24-28-17)15-7-4-5-11-21-15/h2-8,11H,9-10,12-13H2,1H3. The van der Waals surface area contributed by atoms with Crippen molar-refractivity contribution in [2.24, 2.45) is 0 Å². The van der Waals surface area contributed by atoms with Crippen LogP contribution in [-0.4, -0.2) is 46.3 Å². The third-order valence-electron chi connectivity index (χ3n) is 4.25. The fourth-order valence-corrected chi connectivity index (χ4v) is 3.80. The minimum absolute atomic E-state index is 0.0707.